The number of aliphatic carboxylic acids is 1. The van der Waals surface area contributed by atoms with Gasteiger partial charge in [-0.2, -0.15) is 0 Å². The predicted octanol–water partition coefficient (Wildman–Crippen LogP) is -0.362. The van der Waals surface area contributed by atoms with Crippen LogP contribution in [0.25, 0.3) is 0 Å². The van der Waals surface area contributed by atoms with Gasteiger partial charge in [-0.25, -0.2) is 4.79 Å². The third kappa shape index (κ3) is 3.65. The van der Waals surface area contributed by atoms with Crippen LogP contribution in [0.1, 0.15) is 0 Å². The lowest BCUT2D eigenvalue weighted by molar-refractivity contribution is -0.469. The lowest BCUT2D eigenvalue weighted by Gasteiger charge is -2.27. The first-order chi connectivity index (χ1) is 8.11. The number of likely N-dealkylation sites (N-methyl/N-ethyl adjacent to an activating group) is 1. The van der Waals surface area contributed by atoms with E-state index in [0.717, 1.165) is 0 Å². The molecular weight excluding hydrogens is 232 g/mol. The monoisotopic (exact) mass is 257 g/mol. The van der Waals surface area contributed by atoms with Crippen molar-refractivity contribution in [3.63, 3.8) is 0 Å². The molecule has 0 rings (SSSR count). The Kier molecular flexibility index (Phi) is 5.68. The van der Waals surface area contributed by atoms with Gasteiger partial charge in [0.15, 0.2) is 5.57 Å². The first-order valence-corrected chi connectivity index (χ1v) is 5.65. The molecular formula is C12H25N4O2+. The highest BCUT2D eigenvalue weighted by Gasteiger charge is 2.30. The zero-order valence-electron chi connectivity index (χ0n) is 12.6. The van der Waals surface area contributed by atoms with Crippen molar-refractivity contribution in [3.05, 3.63) is 11.4 Å². The number of rotatable bonds is 4. The molecule has 0 aromatic heterocycles. The normalized spacial score (nSPS) is 9.56. The van der Waals surface area contributed by atoms with Crippen molar-refractivity contribution in [2.45, 2.75) is 0 Å². The van der Waals surface area contributed by atoms with Gasteiger partial charge < -0.3 is 14.9 Å². The maximum Gasteiger partial charge on any atom is 0.347 e. The summed E-state index contributed by atoms with van der Waals surface area (Å²) in [6.45, 7) is 0. The van der Waals surface area contributed by atoms with Gasteiger partial charge in [-0.15, -0.1) is 0 Å². The minimum Gasteiger partial charge on any atom is -0.477 e. The minimum atomic E-state index is -0.940. The summed E-state index contributed by atoms with van der Waals surface area (Å²) in [6.07, 6.45) is 0. The second kappa shape index (κ2) is 6.28. The van der Waals surface area contributed by atoms with Crippen LogP contribution in [0.4, 0.5) is 0 Å². The zero-order valence-corrected chi connectivity index (χ0v) is 12.6. The summed E-state index contributed by atoms with van der Waals surface area (Å²) in [5, 5.41) is 9.52. The van der Waals surface area contributed by atoms with Crippen LogP contribution in [0.5, 0.6) is 0 Å². The van der Waals surface area contributed by atoms with Crippen molar-refractivity contribution in [1.82, 2.24) is 14.7 Å². The maximum atomic E-state index is 11.6. The summed E-state index contributed by atoms with van der Waals surface area (Å²) in [7, 11) is 14.7. The van der Waals surface area contributed by atoms with Gasteiger partial charge in [0.05, 0.1) is 28.2 Å². The SMILES string of the molecule is CN(C)C(=C(C(=O)O)C(N(C)C)=[N+](C)C)N(C)C. The van der Waals surface area contributed by atoms with Crippen molar-refractivity contribution >= 4 is 11.8 Å². The fourth-order valence-corrected chi connectivity index (χ4v) is 1.99. The molecule has 18 heavy (non-hydrogen) atoms. The fraction of sp³-hybridized carbons (Fsp3) is 0.667. The Balaban J connectivity index is 6.22. The number of nitrogens with zero attached hydrogens (tertiary/aromatic N) is 4. The minimum absolute atomic E-state index is 0.278. The standard InChI is InChI=1S/C12H24N4O2/c1-13(2)10(14(3)4)9(12(17)18)11(15(5)6)16(7)8/h1-8H3/p+1. The molecule has 104 valence electrons. The van der Waals surface area contributed by atoms with Crippen LogP contribution in [-0.4, -0.2) is 92.6 Å². The summed E-state index contributed by atoms with van der Waals surface area (Å²) in [5.41, 5.74) is 0.278. The number of hydrogen-bond acceptors (Lipinski definition) is 3. The van der Waals surface area contributed by atoms with E-state index in [1.807, 2.05) is 56.4 Å². The van der Waals surface area contributed by atoms with Gasteiger partial charge in [0.2, 0.25) is 0 Å². The quantitative estimate of drug-likeness (QED) is 0.322. The van der Waals surface area contributed by atoms with Gasteiger partial charge in [0.25, 0.3) is 5.84 Å². The highest BCUT2D eigenvalue weighted by Crippen LogP contribution is 2.13. The first-order valence-electron chi connectivity index (χ1n) is 5.65. The Morgan fingerprint density at radius 1 is 0.889 bits per heavy atom. The molecule has 0 fully saturated rings. The molecule has 0 saturated heterocycles. The number of carboxylic acid groups (broad SMARTS) is 1. The second-order valence-electron chi connectivity index (χ2n) is 4.91. The van der Waals surface area contributed by atoms with Crippen LogP contribution < -0.4 is 0 Å². The third-order valence-corrected chi connectivity index (χ3v) is 2.36. The summed E-state index contributed by atoms with van der Waals surface area (Å²) in [5.74, 6) is 0.365. The fourth-order valence-electron chi connectivity index (χ4n) is 1.99. The Morgan fingerprint density at radius 2 is 1.28 bits per heavy atom. The lowest BCUT2D eigenvalue weighted by Crippen LogP contribution is -2.39. The Morgan fingerprint density at radius 3 is 1.44 bits per heavy atom. The molecule has 0 unspecified atom stereocenters. The number of carbonyl (C=O) groups is 1. The molecule has 0 radical (unpaired) electrons. The van der Waals surface area contributed by atoms with Gasteiger partial charge in [0.1, 0.15) is 5.82 Å². The second-order valence-corrected chi connectivity index (χ2v) is 4.91. The number of hydrogen-bond donors (Lipinski definition) is 1. The van der Waals surface area contributed by atoms with E-state index in [1.54, 1.807) is 19.3 Å². The molecule has 0 aromatic carbocycles. The lowest BCUT2D eigenvalue weighted by atomic mass is 10.2. The van der Waals surface area contributed by atoms with Crippen LogP contribution in [0.15, 0.2) is 11.4 Å². The van der Waals surface area contributed by atoms with Crippen molar-refractivity contribution in [2.75, 3.05) is 56.4 Å². The highest BCUT2D eigenvalue weighted by atomic mass is 16.4. The van der Waals surface area contributed by atoms with Crippen LogP contribution in [0.2, 0.25) is 0 Å². The molecule has 1 N–H and O–H groups in total. The van der Waals surface area contributed by atoms with Gasteiger partial charge in [0, 0.05) is 28.2 Å². The maximum absolute atomic E-state index is 11.6. The van der Waals surface area contributed by atoms with E-state index in [1.165, 1.54) is 0 Å². The van der Waals surface area contributed by atoms with Crippen molar-refractivity contribution in [2.24, 2.45) is 0 Å². The average molecular weight is 257 g/mol. The largest absolute Gasteiger partial charge is 0.477 e. The molecule has 0 spiro atoms. The van der Waals surface area contributed by atoms with Crippen molar-refractivity contribution in [1.29, 1.82) is 0 Å². The topological polar surface area (TPSA) is 50.0 Å². The van der Waals surface area contributed by atoms with Gasteiger partial charge in [-0.1, -0.05) is 0 Å². The van der Waals surface area contributed by atoms with Crippen LogP contribution in [-0.2, 0) is 4.79 Å². The summed E-state index contributed by atoms with van der Waals surface area (Å²) in [6, 6.07) is 0. The Hall–Kier alpha value is -1.72. The van der Waals surface area contributed by atoms with E-state index in [0.29, 0.717) is 11.7 Å². The van der Waals surface area contributed by atoms with E-state index < -0.39 is 5.97 Å². The van der Waals surface area contributed by atoms with E-state index >= 15 is 0 Å². The highest BCUT2D eigenvalue weighted by molar-refractivity contribution is 6.16. The van der Waals surface area contributed by atoms with Crippen LogP contribution in [0, 0.1) is 0 Å². The molecule has 0 aliphatic heterocycles. The molecule has 0 atom stereocenters. The van der Waals surface area contributed by atoms with E-state index in [-0.39, 0.29) is 5.57 Å². The zero-order chi connectivity index (χ0) is 14.6. The predicted molar refractivity (Wildman–Crippen MR) is 72.8 cm³/mol. The van der Waals surface area contributed by atoms with Gasteiger partial charge >= 0.3 is 5.97 Å². The molecule has 0 amide bonds. The number of carboxylic acids is 1. The molecule has 0 bridgehead atoms. The van der Waals surface area contributed by atoms with E-state index in [2.05, 4.69) is 0 Å². The summed E-state index contributed by atoms with van der Waals surface area (Å²) in [4.78, 5) is 17.0. The van der Waals surface area contributed by atoms with E-state index in [4.69, 9.17) is 0 Å². The van der Waals surface area contributed by atoms with Gasteiger partial charge in [-0.05, 0) is 0 Å². The van der Waals surface area contributed by atoms with Crippen LogP contribution in [0.3, 0.4) is 0 Å². The van der Waals surface area contributed by atoms with Crippen molar-refractivity contribution < 1.29 is 14.5 Å². The molecule has 0 saturated carbocycles. The summed E-state index contributed by atoms with van der Waals surface area (Å²) >= 11 is 0. The van der Waals surface area contributed by atoms with Crippen molar-refractivity contribution in [3.8, 4) is 0 Å². The molecule has 0 heterocycles. The van der Waals surface area contributed by atoms with Gasteiger partial charge in [-0.3, -0.25) is 9.48 Å². The third-order valence-electron chi connectivity index (χ3n) is 2.36. The molecule has 6 nitrogen and oxygen atoms in total. The molecule has 0 aromatic rings. The smallest absolute Gasteiger partial charge is 0.347 e. The molecule has 6 heteroatoms. The van der Waals surface area contributed by atoms with E-state index in [9.17, 15) is 9.90 Å². The molecule has 0 aliphatic carbocycles. The summed E-state index contributed by atoms with van der Waals surface area (Å²) < 4.78 is 1.80. The average Bonchev–Trinajstić information content (AvgIpc) is 2.13. The Bertz CT molecular complexity index is 368. The first kappa shape index (κ1) is 16.3. The number of amidine groups is 1. The molecule has 0 aliphatic rings. The van der Waals surface area contributed by atoms with Crippen LogP contribution >= 0.6 is 0 Å². The Labute approximate surface area is 109 Å².